The van der Waals surface area contributed by atoms with Crippen molar-refractivity contribution in [3.05, 3.63) is 47.5 Å². The summed E-state index contributed by atoms with van der Waals surface area (Å²) in [5, 5.41) is 31.0. The molecule has 1 saturated heterocycles. The van der Waals surface area contributed by atoms with Gasteiger partial charge in [0.05, 0.1) is 12.2 Å². The highest BCUT2D eigenvalue weighted by atomic mass is 16.6. The third kappa shape index (κ3) is 3.69. The molecule has 3 heterocycles. The van der Waals surface area contributed by atoms with Crippen molar-refractivity contribution in [3.63, 3.8) is 0 Å². The topological polar surface area (TPSA) is 91.6 Å². The molecule has 160 valence electrons. The summed E-state index contributed by atoms with van der Waals surface area (Å²) in [6.07, 6.45) is 0.811. The Hall–Kier alpha value is -2.48. The van der Waals surface area contributed by atoms with E-state index >= 15 is 0 Å². The van der Waals surface area contributed by atoms with Crippen LogP contribution < -0.4 is 14.2 Å². The van der Waals surface area contributed by atoms with Crippen molar-refractivity contribution in [3.8, 4) is 23.0 Å². The van der Waals surface area contributed by atoms with E-state index in [-0.39, 0.29) is 5.75 Å². The van der Waals surface area contributed by atoms with E-state index in [9.17, 15) is 15.3 Å². The van der Waals surface area contributed by atoms with Gasteiger partial charge in [-0.25, -0.2) is 0 Å². The predicted octanol–water partition coefficient (Wildman–Crippen LogP) is 2.55. The van der Waals surface area contributed by atoms with Gasteiger partial charge in [0, 0.05) is 31.6 Å². The zero-order valence-electron chi connectivity index (χ0n) is 16.8. The van der Waals surface area contributed by atoms with Gasteiger partial charge in [0.2, 0.25) is 0 Å². The fourth-order valence-electron chi connectivity index (χ4n) is 4.69. The lowest BCUT2D eigenvalue weighted by atomic mass is 9.81. The van der Waals surface area contributed by atoms with E-state index in [1.165, 1.54) is 0 Å². The Morgan fingerprint density at radius 1 is 1.00 bits per heavy atom. The van der Waals surface area contributed by atoms with E-state index < -0.39 is 17.8 Å². The first kappa shape index (κ1) is 19.5. The lowest BCUT2D eigenvalue weighted by Gasteiger charge is -2.46. The van der Waals surface area contributed by atoms with Crippen LogP contribution >= 0.6 is 0 Å². The quantitative estimate of drug-likeness (QED) is 0.712. The van der Waals surface area contributed by atoms with Gasteiger partial charge in [-0.15, -0.1) is 0 Å². The normalized spacial score (nSPS) is 23.5. The van der Waals surface area contributed by atoms with E-state index in [1.54, 1.807) is 18.2 Å². The third-order valence-corrected chi connectivity index (χ3v) is 6.39. The molecule has 0 radical (unpaired) electrons. The highest BCUT2D eigenvalue weighted by Crippen LogP contribution is 2.45. The number of aliphatic hydroxyl groups is 2. The Bertz CT molecular complexity index is 924. The van der Waals surface area contributed by atoms with Crippen LogP contribution in [-0.4, -0.2) is 58.7 Å². The number of benzene rings is 2. The standard InChI is InChI=1S/C23H27NO6/c25-16-2-4-20-17(12-16)18(26)13-23(30-20)5-7-24(8-6-23)14-19(27)15-1-3-21-22(11-15)29-10-9-28-21/h1-4,11-12,18-19,25-27H,5-10,13-14H2. The van der Waals surface area contributed by atoms with Crippen LogP contribution in [0.15, 0.2) is 36.4 Å². The van der Waals surface area contributed by atoms with Gasteiger partial charge in [0.25, 0.3) is 0 Å². The molecular weight excluding hydrogens is 386 g/mol. The Morgan fingerprint density at radius 3 is 2.53 bits per heavy atom. The number of nitrogens with zero attached hydrogens (tertiary/aromatic N) is 1. The lowest BCUT2D eigenvalue weighted by Crippen LogP contribution is -2.51. The molecule has 3 aliphatic rings. The van der Waals surface area contributed by atoms with Crippen LogP contribution in [0.4, 0.5) is 0 Å². The van der Waals surface area contributed by atoms with Crippen LogP contribution in [-0.2, 0) is 0 Å². The molecule has 2 aromatic carbocycles. The SMILES string of the molecule is Oc1ccc2c(c1)C(O)CC1(CCN(CC(O)c3ccc4c(c3)OCCO4)CC1)O2. The van der Waals surface area contributed by atoms with Crippen LogP contribution in [0.2, 0.25) is 0 Å². The van der Waals surface area contributed by atoms with Crippen molar-refractivity contribution in [2.75, 3.05) is 32.8 Å². The van der Waals surface area contributed by atoms with Gasteiger partial charge >= 0.3 is 0 Å². The average molecular weight is 413 g/mol. The molecule has 0 aliphatic carbocycles. The summed E-state index contributed by atoms with van der Waals surface area (Å²) in [7, 11) is 0. The second-order valence-corrected chi connectivity index (χ2v) is 8.45. The molecule has 7 heteroatoms. The summed E-state index contributed by atoms with van der Waals surface area (Å²) in [6.45, 7) is 3.16. The smallest absolute Gasteiger partial charge is 0.161 e. The number of phenols is 1. The molecule has 5 rings (SSSR count). The van der Waals surface area contributed by atoms with E-state index in [0.717, 1.165) is 37.2 Å². The first-order valence-electron chi connectivity index (χ1n) is 10.5. The van der Waals surface area contributed by atoms with Crippen molar-refractivity contribution in [1.29, 1.82) is 0 Å². The summed E-state index contributed by atoms with van der Waals surface area (Å²) in [5.74, 6) is 2.19. The lowest BCUT2D eigenvalue weighted by molar-refractivity contribution is -0.0588. The number of aliphatic hydroxyl groups excluding tert-OH is 2. The second kappa shape index (κ2) is 7.65. The number of fused-ring (bicyclic) bond motifs is 2. The van der Waals surface area contributed by atoms with Gasteiger partial charge in [-0.2, -0.15) is 0 Å². The number of aromatic hydroxyl groups is 1. The number of phenolic OH excluding ortho intramolecular Hbond substituents is 1. The zero-order chi connectivity index (χ0) is 20.7. The molecule has 7 nitrogen and oxygen atoms in total. The molecule has 1 spiro atoms. The van der Waals surface area contributed by atoms with Gasteiger partial charge in [-0.3, -0.25) is 0 Å². The van der Waals surface area contributed by atoms with E-state index in [4.69, 9.17) is 14.2 Å². The zero-order valence-corrected chi connectivity index (χ0v) is 16.8. The van der Waals surface area contributed by atoms with Crippen LogP contribution in [0.25, 0.3) is 0 Å². The predicted molar refractivity (Wildman–Crippen MR) is 109 cm³/mol. The fourth-order valence-corrected chi connectivity index (χ4v) is 4.69. The molecular formula is C23H27NO6. The molecule has 2 atom stereocenters. The van der Waals surface area contributed by atoms with Gasteiger partial charge in [-0.05, 0) is 48.7 Å². The number of likely N-dealkylation sites (tertiary alicyclic amines) is 1. The largest absolute Gasteiger partial charge is 0.508 e. The highest BCUT2D eigenvalue weighted by molar-refractivity contribution is 5.45. The first-order chi connectivity index (χ1) is 14.5. The van der Waals surface area contributed by atoms with Crippen LogP contribution in [0.5, 0.6) is 23.0 Å². The number of piperidine rings is 1. The number of ether oxygens (including phenoxy) is 3. The molecule has 2 unspecified atom stereocenters. The van der Waals surface area contributed by atoms with E-state index in [1.807, 2.05) is 18.2 Å². The Morgan fingerprint density at radius 2 is 1.73 bits per heavy atom. The Labute approximate surface area is 175 Å². The van der Waals surface area contributed by atoms with Crippen molar-refractivity contribution in [2.45, 2.75) is 37.1 Å². The average Bonchev–Trinajstić information content (AvgIpc) is 2.76. The van der Waals surface area contributed by atoms with Crippen LogP contribution in [0.1, 0.15) is 42.6 Å². The van der Waals surface area contributed by atoms with Gasteiger partial charge < -0.3 is 34.4 Å². The summed E-state index contributed by atoms with van der Waals surface area (Å²) < 4.78 is 17.5. The fraction of sp³-hybridized carbons (Fsp3) is 0.478. The molecule has 0 saturated carbocycles. The third-order valence-electron chi connectivity index (χ3n) is 6.39. The molecule has 0 aromatic heterocycles. The highest BCUT2D eigenvalue weighted by Gasteiger charge is 2.43. The number of hydrogen-bond acceptors (Lipinski definition) is 7. The van der Waals surface area contributed by atoms with Gasteiger partial charge in [0.15, 0.2) is 11.5 Å². The number of hydrogen-bond donors (Lipinski definition) is 3. The van der Waals surface area contributed by atoms with Crippen molar-refractivity contribution >= 4 is 0 Å². The summed E-state index contributed by atoms with van der Waals surface area (Å²) in [5.41, 5.74) is 1.07. The van der Waals surface area contributed by atoms with Gasteiger partial charge in [0.1, 0.15) is 30.3 Å². The number of rotatable bonds is 3. The van der Waals surface area contributed by atoms with Crippen molar-refractivity contribution < 1.29 is 29.5 Å². The maximum absolute atomic E-state index is 10.7. The minimum Gasteiger partial charge on any atom is -0.508 e. The minimum atomic E-state index is -0.643. The van der Waals surface area contributed by atoms with Crippen LogP contribution in [0, 0.1) is 0 Å². The first-order valence-corrected chi connectivity index (χ1v) is 10.5. The van der Waals surface area contributed by atoms with Gasteiger partial charge in [-0.1, -0.05) is 6.07 Å². The van der Waals surface area contributed by atoms with E-state index in [2.05, 4.69) is 4.90 Å². The minimum absolute atomic E-state index is 0.135. The second-order valence-electron chi connectivity index (χ2n) is 8.45. The molecule has 30 heavy (non-hydrogen) atoms. The monoisotopic (exact) mass is 413 g/mol. The Balaban J connectivity index is 1.22. The Kier molecular flexibility index (Phi) is 4.97. The summed E-state index contributed by atoms with van der Waals surface area (Å²) in [6, 6.07) is 10.5. The van der Waals surface area contributed by atoms with Crippen LogP contribution in [0.3, 0.4) is 0 Å². The maximum Gasteiger partial charge on any atom is 0.161 e. The maximum atomic E-state index is 10.7. The number of β-amino-alcohol motifs (C(OH)–C–C–N with tert-alkyl or cyclic N) is 1. The molecule has 1 fully saturated rings. The molecule has 3 N–H and O–H groups in total. The van der Waals surface area contributed by atoms with Crippen molar-refractivity contribution in [2.24, 2.45) is 0 Å². The van der Waals surface area contributed by atoms with Crippen molar-refractivity contribution in [1.82, 2.24) is 4.90 Å². The van der Waals surface area contributed by atoms with E-state index in [0.29, 0.717) is 43.2 Å². The molecule has 3 aliphatic heterocycles. The summed E-state index contributed by atoms with van der Waals surface area (Å²) >= 11 is 0. The molecule has 0 bridgehead atoms. The molecule has 0 amide bonds. The molecule has 2 aromatic rings. The summed E-state index contributed by atoms with van der Waals surface area (Å²) in [4.78, 5) is 2.23.